The minimum absolute atomic E-state index is 0.0575. The van der Waals surface area contributed by atoms with Crippen LogP contribution in [0.5, 0.6) is 11.5 Å². The van der Waals surface area contributed by atoms with E-state index >= 15 is 0 Å². The van der Waals surface area contributed by atoms with E-state index in [1.165, 1.54) is 76.3 Å². The van der Waals surface area contributed by atoms with Crippen molar-refractivity contribution in [3.8, 4) is 11.5 Å². The Morgan fingerprint density at radius 1 is 0.806 bits per heavy atom. The van der Waals surface area contributed by atoms with Crippen LogP contribution in [0.15, 0.2) is 24.3 Å². The number of benzene rings is 1. The fourth-order valence-corrected chi connectivity index (χ4v) is 5.50. The van der Waals surface area contributed by atoms with Gasteiger partial charge in [0, 0.05) is 0 Å². The first-order chi connectivity index (χ1) is 15.1. The molecule has 0 aliphatic heterocycles. The molecule has 1 aromatic rings. The summed E-state index contributed by atoms with van der Waals surface area (Å²) in [6.45, 7) is 4.84. The summed E-state index contributed by atoms with van der Waals surface area (Å²) in [6, 6.07) is 2.88. The maximum Gasteiger partial charge on any atom is 0.204 e. The lowest BCUT2D eigenvalue weighted by atomic mass is 9.69. The van der Waals surface area contributed by atoms with Crippen LogP contribution in [-0.2, 0) is 0 Å². The van der Waals surface area contributed by atoms with Gasteiger partial charge in [0.1, 0.15) is 6.61 Å². The highest BCUT2D eigenvalue weighted by atomic mass is 19.2. The summed E-state index contributed by atoms with van der Waals surface area (Å²) >= 11 is 0. The van der Waals surface area contributed by atoms with E-state index in [2.05, 4.69) is 13.0 Å². The number of hydrogen-bond acceptors (Lipinski definition) is 2. The van der Waals surface area contributed by atoms with Gasteiger partial charge in [0.25, 0.3) is 0 Å². The smallest absolute Gasteiger partial charge is 0.204 e. The summed E-state index contributed by atoms with van der Waals surface area (Å²) in [4.78, 5) is 0. The lowest BCUT2D eigenvalue weighted by Crippen LogP contribution is -2.25. The van der Waals surface area contributed by atoms with E-state index in [0.29, 0.717) is 12.5 Å². The zero-order valence-electron chi connectivity index (χ0n) is 19.4. The molecule has 2 nitrogen and oxygen atoms in total. The van der Waals surface area contributed by atoms with Crippen LogP contribution in [0.2, 0.25) is 0 Å². The molecule has 0 radical (unpaired) electrons. The van der Waals surface area contributed by atoms with Gasteiger partial charge in [-0.15, -0.1) is 0 Å². The molecule has 1 aromatic carbocycles. The van der Waals surface area contributed by atoms with Gasteiger partial charge in [-0.3, -0.25) is 0 Å². The second-order valence-electron chi connectivity index (χ2n) is 9.52. The molecule has 174 valence electrons. The van der Waals surface area contributed by atoms with E-state index in [4.69, 9.17) is 9.47 Å². The summed E-state index contributed by atoms with van der Waals surface area (Å²) in [5, 5.41) is 0. The lowest BCUT2D eigenvalue weighted by Gasteiger charge is -2.37. The number of ether oxygens (including phenoxy) is 2. The molecule has 0 heterocycles. The van der Waals surface area contributed by atoms with Crippen molar-refractivity contribution in [2.45, 2.75) is 84.5 Å². The van der Waals surface area contributed by atoms with Crippen molar-refractivity contribution in [3.05, 3.63) is 35.9 Å². The largest absolute Gasteiger partial charge is 0.490 e. The molecule has 4 heteroatoms. The standard InChI is InChI=1S/C27H40F2O2/c1-3-6-20-8-12-22(13-9-20)23-14-10-21(11-15-23)7-5-19-31-25-17-16-24(30-18-4-2)26(28)27(25)29/h5,7,16-17,20-23H,3-4,6,8-15,18-19H2,1-2H3/b7-5+. The molecular formula is C27H40F2O2. The Bertz CT molecular complexity index is 687. The molecule has 2 aliphatic carbocycles. The normalized spacial score (nSPS) is 26.8. The summed E-state index contributed by atoms with van der Waals surface area (Å²) in [5.74, 6) is 1.36. The Balaban J connectivity index is 1.38. The van der Waals surface area contributed by atoms with Gasteiger partial charge in [0.2, 0.25) is 11.6 Å². The molecule has 2 saturated carbocycles. The first-order valence-corrected chi connectivity index (χ1v) is 12.5. The van der Waals surface area contributed by atoms with Crippen molar-refractivity contribution in [1.29, 1.82) is 0 Å². The van der Waals surface area contributed by atoms with E-state index in [1.807, 2.05) is 13.0 Å². The van der Waals surface area contributed by atoms with Gasteiger partial charge in [-0.05, 0) is 80.8 Å². The van der Waals surface area contributed by atoms with Crippen LogP contribution < -0.4 is 9.47 Å². The van der Waals surface area contributed by atoms with Crippen LogP contribution in [0.3, 0.4) is 0 Å². The molecular weight excluding hydrogens is 394 g/mol. The van der Waals surface area contributed by atoms with Crippen molar-refractivity contribution in [3.63, 3.8) is 0 Å². The van der Waals surface area contributed by atoms with Crippen LogP contribution in [-0.4, -0.2) is 13.2 Å². The molecule has 0 amide bonds. The fourth-order valence-electron chi connectivity index (χ4n) is 5.50. The van der Waals surface area contributed by atoms with Gasteiger partial charge in [0.15, 0.2) is 11.5 Å². The molecule has 31 heavy (non-hydrogen) atoms. The Labute approximate surface area is 187 Å². The first-order valence-electron chi connectivity index (χ1n) is 12.5. The maximum absolute atomic E-state index is 14.2. The maximum atomic E-state index is 14.2. The van der Waals surface area contributed by atoms with Crippen molar-refractivity contribution < 1.29 is 18.3 Å². The van der Waals surface area contributed by atoms with Gasteiger partial charge in [0.05, 0.1) is 6.61 Å². The summed E-state index contributed by atoms with van der Waals surface area (Å²) in [6.07, 6.45) is 18.6. The Kier molecular flexibility index (Phi) is 9.67. The topological polar surface area (TPSA) is 18.5 Å². The summed E-state index contributed by atoms with van der Waals surface area (Å²) in [5.41, 5.74) is 0. The van der Waals surface area contributed by atoms with Gasteiger partial charge in [-0.1, -0.05) is 51.7 Å². The average molecular weight is 435 g/mol. The van der Waals surface area contributed by atoms with Crippen LogP contribution in [0.1, 0.15) is 84.5 Å². The second kappa shape index (κ2) is 12.5. The van der Waals surface area contributed by atoms with Crippen LogP contribution >= 0.6 is 0 Å². The highest BCUT2D eigenvalue weighted by molar-refractivity contribution is 5.35. The van der Waals surface area contributed by atoms with Crippen molar-refractivity contribution in [2.75, 3.05) is 13.2 Å². The molecule has 0 saturated heterocycles. The third kappa shape index (κ3) is 6.95. The van der Waals surface area contributed by atoms with E-state index in [1.54, 1.807) is 0 Å². The third-order valence-corrected chi connectivity index (χ3v) is 7.29. The summed E-state index contributed by atoms with van der Waals surface area (Å²) in [7, 11) is 0. The van der Waals surface area contributed by atoms with Crippen LogP contribution in [0, 0.1) is 35.3 Å². The highest BCUT2D eigenvalue weighted by Gasteiger charge is 2.30. The quantitative estimate of drug-likeness (QED) is 0.346. The Morgan fingerprint density at radius 2 is 1.39 bits per heavy atom. The zero-order chi connectivity index (χ0) is 22.1. The van der Waals surface area contributed by atoms with Crippen molar-refractivity contribution in [1.82, 2.24) is 0 Å². The van der Waals surface area contributed by atoms with E-state index in [9.17, 15) is 8.78 Å². The molecule has 0 atom stereocenters. The lowest BCUT2D eigenvalue weighted by molar-refractivity contribution is 0.152. The molecule has 3 rings (SSSR count). The van der Waals surface area contributed by atoms with Gasteiger partial charge in [-0.2, -0.15) is 8.78 Å². The molecule has 0 spiro atoms. The van der Waals surface area contributed by atoms with E-state index in [0.717, 1.165) is 24.2 Å². The molecule has 0 N–H and O–H groups in total. The van der Waals surface area contributed by atoms with E-state index in [-0.39, 0.29) is 18.1 Å². The van der Waals surface area contributed by atoms with Crippen molar-refractivity contribution >= 4 is 0 Å². The molecule has 0 unspecified atom stereocenters. The highest BCUT2D eigenvalue weighted by Crippen LogP contribution is 2.42. The fraction of sp³-hybridized carbons (Fsp3) is 0.704. The van der Waals surface area contributed by atoms with Crippen molar-refractivity contribution in [2.24, 2.45) is 23.7 Å². The number of rotatable bonds is 10. The summed E-state index contributed by atoms with van der Waals surface area (Å²) < 4.78 is 38.9. The SMILES string of the molecule is CCCOc1ccc(OC/C=C/C2CCC(C3CCC(CCC)CC3)CC2)c(F)c1F. The van der Waals surface area contributed by atoms with E-state index < -0.39 is 11.6 Å². The monoisotopic (exact) mass is 434 g/mol. The zero-order valence-corrected chi connectivity index (χ0v) is 19.4. The average Bonchev–Trinajstić information content (AvgIpc) is 2.80. The Hall–Kier alpha value is -1.58. The van der Waals surface area contributed by atoms with Gasteiger partial charge < -0.3 is 9.47 Å². The number of hydrogen-bond donors (Lipinski definition) is 0. The van der Waals surface area contributed by atoms with Crippen LogP contribution in [0.25, 0.3) is 0 Å². The third-order valence-electron chi connectivity index (χ3n) is 7.29. The van der Waals surface area contributed by atoms with Gasteiger partial charge in [-0.25, -0.2) is 0 Å². The second-order valence-corrected chi connectivity index (χ2v) is 9.52. The molecule has 2 fully saturated rings. The number of allylic oxidation sites excluding steroid dienone is 1. The predicted octanol–water partition coefficient (Wildman–Crippen LogP) is 8.10. The predicted molar refractivity (Wildman–Crippen MR) is 123 cm³/mol. The minimum atomic E-state index is -0.976. The Morgan fingerprint density at radius 3 is 1.97 bits per heavy atom. The molecule has 0 bridgehead atoms. The molecule has 2 aliphatic rings. The first kappa shape index (κ1) is 24.1. The minimum Gasteiger partial charge on any atom is -0.490 e. The van der Waals surface area contributed by atoms with Gasteiger partial charge >= 0.3 is 0 Å². The molecule has 0 aromatic heterocycles. The van der Waals surface area contributed by atoms with Crippen LogP contribution in [0.4, 0.5) is 8.78 Å². The number of halogens is 2.